The number of aliphatic hydroxyl groups excluding tert-OH is 1. The van der Waals surface area contributed by atoms with Crippen LogP contribution in [-0.2, 0) is 19.1 Å². The lowest BCUT2D eigenvalue weighted by atomic mass is 9.70. The number of nitrogens with zero attached hydrogens (tertiary/aromatic N) is 2. The van der Waals surface area contributed by atoms with Crippen molar-refractivity contribution in [3.8, 4) is 0 Å². The Kier molecular flexibility index (Phi) is 6.04. The highest BCUT2D eigenvalue weighted by molar-refractivity contribution is 6.34. The molecule has 2 unspecified atom stereocenters. The van der Waals surface area contributed by atoms with Gasteiger partial charge in [-0.3, -0.25) is 14.4 Å². The standard InChI is InChI=1S/C23H27ClN2O6/c1-3-11-25(15-8-6-5-7-14(15)24)21(29)19-23-10-9-16(32-23)17(22(30)31)18(23)20(28)26(19)13(4-2)12-27/h3,5-8,13,16-19,27H,1,4,9-12H2,2H3,(H,30,31)/t13-,16+,17-,18-,19?,23?/m0/s1. The molecule has 3 aliphatic heterocycles. The van der Waals surface area contributed by atoms with Gasteiger partial charge in [0.05, 0.1) is 41.3 Å². The van der Waals surface area contributed by atoms with Gasteiger partial charge in [0.25, 0.3) is 5.91 Å². The molecule has 3 saturated heterocycles. The van der Waals surface area contributed by atoms with Crippen LogP contribution < -0.4 is 4.90 Å². The van der Waals surface area contributed by atoms with Crippen LogP contribution in [-0.4, -0.2) is 69.8 Å². The summed E-state index contributed by atoms with van der Waals surface area (Å²) in [6.07, 6.45) is 2.22. The molecular weight excluding hydrogens is 436 g/mol. The van der Waals surface area contributed by atoms with Crippen LogP contribution in [0, 0.1) is 11.8 Å². The average molecular weight is 463 g/mol. The molecule has 0 aliphatic carbocycles. The van der Waals surface area contributed by atoms with Crippen LogP contribution in [0.4, 0.5) is 5.69 Å². The molecular formula is C23H27ClN2O6. The molecule has 2 bridgehead atoms. The van der Waals surface area contributed by atoms with Gasteiger partial charge in [0.15, 0.2) is 0 Å². The van der Waals surface area contributed by atoms with Crippen molar-refractivity contribution in [2.45, 2.75) is 50.0 Å². The van der Waals surface area contributed by atoms with Gasteiger partial charge < -0.3 is 24.7 Å². The zero-order valence-corrected chi connectivity index (χ0v) is 18.6. The number of carbonyl (C=O) groups excluding carboxylic acids is 2. The van der Waals surface area contributed by atoms with Crippen LogP contribution in [0.15, 0.2) is 36.9 Å². The van der Waals surface area contributed by atoms with E-state index in [-0.39, 0.29) is 13.2 Å². The van der Waals surface area contributed by atoms with Crippen molar-refractivity contribution in [3.05, 3.63) is 41.9 Å². The van der Waals surface area contributed by atoms with Crippen molar-refractivity contribution in [3.63, 3.8) is 0 Å². The predicted octanol–water partition coefficient (Wildman–Crippen LogP) is 2.09. The normalized spacial score (nSPS) is 31.5. The van der Waals surface area contributed by atoms with E-state index in [0.717, 1.165) is 0 Å². The first kappa shape index (κ1) is 22.8. The minimum absolute atomic E-state index is 0.142. The van der Waals surface area contributed by atoms with E-state index < -0.39 is 53.4 Å². The second kappa shape index (κ2) is 8.50. The molecule has 0 aromatic heterocycles. The monoisotopic (exact) mass is 462 g/mol. The van der Waals surface area contributed by atoms with Gasteiger partial charge in [0, 0.05) is 6.54 Å². The largest absolute Gasteiger partial charge is 0.481 e. The first-order chi connectivity index (χ1) is 15.3. The van der Waals surface area contributed by atoms with Crippen LogP contribution in [0.1, 0.15) is 26.2 Å². The number of ether oxygens (including phenoxy) is 1. The third-order valence-electron chi connectivity index (χ3n) is 7.05. The van der Waals surface area contributed by atoms with Crippen molar-refractivity contribution >= 4 is 35.1 Å². The Labute approximate surface area is 191 Å². The summed E-state index contributed by atoms with van der Waals surface area (Å²) in [5, 5.41) is 20.2. The molecule has 32 heavy (non-hydrogen) atoms. The number of carboxylic acid groups (broad SMARTS) is 1. The maximum Gasteiger partial charge on any atom is 0.310 e. The highest BCUT2D eigenvalue weighted by Crippen LogP contribution is 2.59. The van der Waals surface area contributed by atoms with Gasteiger partial charge in [-0.25, -0.2) is 0 Å². The van der Waals surface area contributed by atoms with E-state index in [1.807, 2.05) is 6.92 Å². The van der Waals surface area contributed by atoms with Crippen molar-refractivity contribution in [1.29, 1.82) is 0 Å². The van der Waals surface area contributed by atoms with Crippen LogP contribution in [0.25, 0.3) is 0 Å². The van der Waals surface area contributed by atoms with Crippen LogP contribution >= 0.6 is 11.6 Å². The number of carbonyl (C=O) groups is 3. The van der Waals surface area contributed by atoms with E-state index in [2.05, 4.69) is 6.58 Å². The lowest BCUT2D eigenvalue weighted by Crippen LogP contribution is -2.59. The minimum atomic E-state index is -1.24. The number of aliphatic carboxylic acids is 1. The highest BCUT2D eigenvalue weighted by Gasteiger charge is 2.75. The van der Waals surface area contributed by atoms with Gasteiger partial charge in [0.2, 0.25) is 5.91 Å². The number of likely N-dealkylation sites (tertiary alicyclic amines) is 1. The Balaban J connectivity index is 1.84. The fraction of sp³-hybridized carbons (Fsp3) is 0.522. The maximum absolute atomic E-state index is 14.1. The molecule has 1 spiro atoms. The number of fused-ring (bicyclic) bond motifs is 1. The fourth-order valence-corrected chi connectivity index (χ4v) is 5.95. The number of hydrogen-bond acceptors (Lipinski definition) is 5. The molecule has 1 aromatic rings. The summed E-state index contributed by atoms with van der Waals surface area (Å²) in [4.78, 5) is 42.6. The summed E-state index contributed by atoms with van der Waals surface area (Å²) in [5.74, 6) is -3.95. The smallest absolute Gasteiger partial charge is 0.310 e. The molecule has 2 N–H and O–H groups in total. The topological polar surface area (TPSA) is 107 Å². The molecule has 4 rings (SSSR count). The van der Waals surface area contributed by atoms with Crippen molar-refractivity contribution in [1.82, 2.24) is 4.90 Å². The number of anilines is 1. The average Bonchev–Trinajstić information content (AvgIpc) is 3.41. The molecule has 0 saturated carbocycles. The molecule has 172 valence electrons. The molecule has 3 aliphatic rings. The summed E-state index contributed by atoms with van der Waals surface area (Å²) in [7, 11) is 0. The molecule has 6 atom stereocenters. The van der Waals surface area contributed by atoms with E-state index in [1.54, 1.807) is 30.3 Å². The number of halogens is 1. The van der Waals surface area contributed by atoms with Crippen LogP contribution in [0.2, 0.25) is 5.02 Å². The minimum Gasteiger partial charge on any atom is -0.481 e. The molecule has 3 fully saturated rings. The first-order valence-corrected chi connectivity index (χ1v) is 11.2. The van der Waals surface area contributed by atoms with Crippen molar-refractivity contribution < 1.29 is 29.3 Å². The Morgan fingerprint density at radius 2 is 2.16 bits per heavy atom. The lowest BCUT2D eigenvalue weighted by Gasteiger charge is -2.39. The SMILES string of the molecule is C=CCN(C(=O)C1N([C@@H](CC)CO)C(=O)[C@@H]2[C@@H](C(=O)O)[C@H]3CCC12O3)c1ccccc1Cl. The Morgan fingerprint density at radius 1 is 1.44 bits per heavy atom. The second-order valence-corrected chi connectivity index (χ2v) is 8.98. The van der Waals surface area contributed by atoms with Gasteiger partial charge in [0.1, 0.15) is 11.6 Å². The van der Waals surface area contributed by atoms with Gasteiger partial charge in [-0.1, -0.05) is 36.7 Å². The van der Waals surface area contributed by atoms with Gasteiger partial charge in [-0.15, -0.1) is 6.58 Å². The second-order valence-electron chi connectivity index (χ2n) is 8.57. The zero-order valence-electron chi connectivity index (χ0n) is 17.8. The summed E-state index contributed by atoms with van der Waals surface area (Å²) < 4.78 is 6.19. The third kappa shape index (κ3) is 3.16. The zero-order chi connectivity index (χ0) is 23.2. The number of carboxylic acids is 1. The molecule has 9 heteroatoms. The van der Waals surface area contributed by atoms with Crippen LogP contribution in [0.5, 0.6) is 0 Å². The predicted molar refractivity (Wildman–Crippen MR) is 117 cm³/mol. The summed E-state index contributed by atoms with van der Waals surface area (Å²) in [5.41, 5.74) is -0.781. The molecule has 1 aromatic carbocycles. The van der Waals surface area contributed by atoms with Crippen LogP contribution in [0.3, 0.4) is 0 Å². The van der Waals surface area contributed by atoms with Gasteiger partial charge in [-0.05, 0) is 31.4 Å². The summed E-state index contributed by atoms with van der Waals surface area (Å²) >= 11 is 6.38. The lowest BCUT2D eigenvalue weighted by molar-refractivity contribution is -0.151. The van der Waals surface area contributed by atoms with E-state index in [9.17, 15) is 24.6 Å². The number of rotatable bonds is 8. The van der Waals surface area contributed by atoms with Gasteiger partial charge in [-0.2, -0.15) is 0 Å². The number of para-hydroxylation sites is 1. The Bertz CT molecular complexity index is 950. The van der Waals surface area contributed by atoms with Crippen molar-refractivity contribution in [2.75, 3.05) is 18.1 Å². The third-order valence-corrected chi connectivity index (χ3v) is 7.37. The number of hydrogen-bond donors (Lipinski definition) is 2. The molecule has 3 heterocycles. The summed E-state index contributed by atoms with van der Waals surface area (Å²) in [6, 6.07) is 5.17. The fourth-order valence-electron chi connectivity index (χ4n) is 5.71. The van der Waals surface area contributed by atoms with E-state index in [4.69, 9.17) is 16.3 Å². The molecule has 2 amide bonds. The Morgan fingerprint density at radius 3 is 2.75 bits per heavy atom. The number of amides is 2. The van der Waals surface area contributed by atoms with E-state index in [1.165, 1.54) is 9.80 Å². The molecule has 8 nitrogen and oxygen atoms in total. The van der Waals surface area contributed by atoms with Gasteiger partial charge >= 0.3 is 5.97 Å². The Hall–Kier alpha value is -2.42. The number of aliphatic hydroxyl groups is 1. The maximum atomic E-state index is 14.1. The van der Waals surface area contributed by atoms with E-state index >= 15 is 0 Å². The first-order valence-electron chi connectivity index (χ1n) is 10.8. The van der Waals surface area contributed by atoms with Crippen molar-refractivity contribution in [2.24, 2.45) is 11.8 Å². The quantitative estimate of drug-likeness (QED) is 0.573. The highest BCUT2D eigenvalue weighted by atomic mass is 35.5. The number of benzene rings is 1. The molecule has 0 radical (unpaired) electrons. The van der Waals surface area contributed by atoms with E-state index in [0.29, 0.717) is 30.0 Å². The summed E-state index contributed by atoms with van der Waals surface area (Å²) in [6.45, 7) is 5.36.